The highest BCUT2D eigenvalue weighted by Crippen LogP contribution is 2.22. The summed E-state index contributed by atoms with van der Waals surface area (Å²) in [5, 5.41) is 3.14. The fourth-order valence-corrected chi connectivity index (χ4v) is 2.80. The Hall–Kier alpha value is -1.62. The van der Waals surface area contributed by atoms with Crippen LogP contribution in [-0.4, -0.2) is 42.2 Å². The Morgan fingerprint density at radius 1 is 1.50 bits per heavy atom. The van der Waals surface area contributed by atoms with E-state index >= 15 is 0 Å². The molecule has 2 heterocycles. The van der Waals surface area contributed by atoms with Crippen molar-refractivity contribution in [1.82, 2.24) is 15.2 Å². The van der Waals surface area contributed by atoms with Crippen LogP contribution in [0, 0.1) is 11.8 Å². The molecule has 5 heteroatoms. The molecule has 0 radical (unpaired) electrons. The van der Waals surface area contributed by atoms with Gasteiger partial charge in [0.2, 0.25) is 0 Å². The van der Waals surface area contributed by atoms with Crippen molar-refractivity contribution in [3.8, 4) is 0 Å². The summed E-state index contributed by atoms with van der Waals surface area (Å²) < 4.78 is 5.47. The van der Waals surface area contributed by atoms with Crippen molar-refractivity contribution >= 4 is 6.03 Å². The van der Waals surface area contributed by atoms with E-state index in [0.717, 1.165) is 38.4 Å². The quantitative estimate of drug-likeness (QED) is 0.879. The molecule has 1 aliphatic rings. The van der Waals surface area contributed by atoms with E-state index in [9.17, 15) is 4.79 Å². The molecule has 1 N–H and O–H groups in total. The summed E-state index contributed by atoms with van der Waals surface area (Å²) >= 11 is 0. The molecule has 1 saturated heterocycles. The average Bonchev–Trinajstić information content (AvgIpc) is 3.00. The monoisotopic (exact) mass is 305 g/mol. The van der Waals surface area contributed by atoms with E-state index in [1.54, 1.807) is 6.20 Å². The van der Waals surface area contributed by atoms with Gasteiger partial charge in [-0.1, -0.05) is 19.9 Å². The number of hydrogen-bond donors (Lipinski definition) is 1. The van der Waals surface area contributed by atoms with E-state index in [1.165, 1.54) is 0 Å². The van der Waals surface area contributed by atoms with Crippen LogP contribution in [-0.2, 0) is 4.74 Å². The summed E-state index contributed by atoms with van der Waals surface area (Å²) in [6, 6.07) is 5.76. The van der Waals surface area contributed by atoms with Crippen molar-refractivity contribution < 1.29 is 9.53 Å². The highest BCUT2D eigenvalue weighted by molar-refractivity contribution is 5.75. The van der Waals surface area contributed by atoms with Crippen molar-refractivity contribution in [2.75, 3.05) is 26.3 Å². The van der Waals surface area contributed by atoms with Gasteiger partial charge in [0, 0.05) is 31.8 Å². The second-order valence-electron chi connectivity index (χ2n) is 6.19. The average molecular weight is 305 g/mol. The van der Waals surface area contributed by atoms with Crippen LogP contribution in [0.1, 0.15) is 38.9 Å². The number of rotatable bonds is 6. The molecule has 2 atom stereocenters. The van der Waals surface area contributed by atoms with Crippen molar-refractivity contribution in [3.63, 3.8) is 0 Å². The molecule has 2 unspecified atom stereocenters. The van der Waals surface area contributed by atoms with Gasteiger partial charge in [-0.25, -0.2) is 4.79 Å². The van der Waals surface area contributed by atoms with E-state index in [-0.39, 0.29) is 12.1 Å². The molecule has 0 aromatic carbocycles. The molecule has 1 aromatic heterocycles. The first-order chi connectivity index (χ1) is 10.6. The van der Waals surface area contributed by atoms with E-state index < -0.39 is 0 Å². The van der Waals surface area contributed by atoms with Gasteiger partial charge in [-0.15, -0.1) is 0 Å². The molecule has 1 fully saturated rings. The van der Waals surface area contributed by atoms with Crippen LogP contribution in [0.5, 0.6) is 0 Å². The molecule has 5 nitrogen and oxygen atoms in total. The SMILES string of the molecule is CCOCC1CCN(C(=O)NC(c2ccccn2)C(C)C)C1. The van der Waals surface area contributed by atoms with Crippen LogP contribution in [0.3, 0.4) is 0 Å². The van der Waals surface area contributed by atoms with Crippen LogP contribution in [0.2, 0.25) is 0 Å². The molecule has 2 rings (SSSR count). The minimum Gasteiger partial charge on any atom is -0.381 e. The molecule has 0 bridgehead atoms. The standard InChI is InChI=1S/C17H27N3O2/c1-4-22-12-14-8-10-20(11-14)17(21)19-16(13(2)3)15-7-5-6-9-18-15/h5-7,9,13-14,16H,4,8,10-12H2,1-3H3,(H,19,21). The molecule has 1 aliphatic heterocycles. The Bertz CT molecular complexity index is 464. The Labute approximate surface area is 133 Å². The van der Waals surface area contributed by atoms with Crippen LogP contribution < -0.4 is 5.32 Å². The van der Waals surface area contributed by atoms with Gasteiger partial charge in [-0.3, -0.25) is 4.98 Å². The zero-order valence-electron chi connectivity index (χ0n) is 13.8. The number of nitrogens with one attached hydrogen (secondary N) is 1. The maximum Gasteiger partial charge on any atom is 0.317 e. The molecular weight excluding hydrogens is 278 g/mol. The first-order valence-electron chi connectivity index (χ1n) is 8.16. The van der Waals surface area contributed by atoms with E-state index in [4.69, 9.17) is 4.74 Å². The number of urea groups is 1. The summed E-state index contributed by atoms with van der Waals surface area (Å²) in [6.45, 7) is 9.25. The number of amides is 2. The van der Waals surface area contributed by atoms with Gasteiger partial charge in [0.15, 0.2) is 0 Å². The molecular formula is C17H27N3O2. The highest BCUT2D eigenvalue weighted by atomic mass is 16.5. The largest absolute Gasteiger partial charge is 0.381 e. The lowest BCUT2D eigenvalue weighted by Gasteiger charge is -2.25. The first kappa shape index (κ1) is 16.7. The molecule has 0 saturated carbocycles. The Kier molecular flexibility index (Phi) is 6.19. The number of nitrogens with zero attached hydrogens (tertiary/aromatic N) is 2. The highest BCUT2D eigenvalue weighted by Gasteiger charge is 2.28. The third-order valence-corrected chi connectivity index (χ3v) is 4.08. The smallest absolute Gasteiger partial charge is 0.317 e. The maximum absolute atomic E-state index is 12.5. The molecule has 122 valence electrons. The predicted octanol–water partition coefficient (Wildman–Crippen LogP) is 2.85. The third-order valence-electron chi connectivity index (χ3n) is 4.08. The number of likely N-dealkylation sites (tertiary alicyclic amines) is 1. The molecule has 0 aliphatic carbocycles. The van der Waals surface area contributed by atoms with Gasteiger partial charge in [0.25, 0.3) is 0 Å². The van der Waals surface area contributed by atoms with Gasteiger partial charge in [-0.2, -0.15) is 0 Å². The van der Waals surface area contributed by atoms with Gasteiger partial charge in [-0.05, 0) is 31.4 Å². The number of carbonyl (C=O) groups is 1. The van der Waals surface area contributed by atoms with Crippen molar-refractivity contribution in [3.05, 3.63) is 30.1 Å². The lowest BCUT2D eigenvalue weighted by atomic mass is 10.0. The molecule has 0 spiro atoms. The summed E-state index contributed by atoms with van der Waals surface area (Å²) in [7, 11) is 0. The number of ether oxygens (including phenoxy) is 1. The van der Waals surface area contributed by atoms with Crippen molar-refractivity contribution in [2.24, 2.45) is 11.8 Å². The molecule has 22 heavy (non-hydrogen) atoms. The second kappa shape index (κ2) is 8.13. The van der Waals surface area contributed by atoms with Crippen molar-refractivity contribution in [1.29, 1.82) is 0 Å². The number of hydrogen-bond acceptors (Lipinski definition) is 3. The minimum atomic E-state index is -0.0559. The number of carbonyl (C=O) groups excluding carboxylic acids is 1. The normalized spacial score (nSPS) is 19.5. The Balaban J connectivity index is 1.92. The fourth-order valence-electron chi connectivity index (χ4n) is 2.80. The number of pyridine rings is 1. The van der Waals surface area contributed by atoms with E-state index in [0.29, 0.717) is 11.8 Å². The summed E-state index contributed by atoms with van der Waals surface area (Å²) in [6.07, 6.45) is 2.79. The summed E-state index contributed by atoms with van der Waals surface area (Å²) in [5.41, 5.74) is 0.913. The van der Waals surface area contributed by atoms with Gasteiger partial charge in [0.1, 0.15) is 0 Å². The Morgan fingerprint density at radius 3 is 2.95 bits per heavy atom. The fraction of sp³-hybridized carbons (Fsp3) is 0.647. The lowest BCUT2D eigenvalue weighted by molar-refractivity contribution is 0.113. The molecule has 1 aromatic rings. The third kappa shape index (κ3) is 4.44. The van der Waals surface area contributed by atoms with Crippen LogP contribution in [0.15, 0.2) is 24.4 Å². The number of aromatic nitrogens is 1. The maximum atomic E-state index is 12.5. The summed E-state index contributed by atoms with van der Waals surface area (Å²) in [5.74, 6) is 0.749. The van der Waals surface area contributed by atoms with Crippen LogP contribution in [0.25, 0.3) is 0 Å². The van der Waals surface area contributed by atoms with E-state index in [1.807, 2.05) is 30.0 Å². The lowest BCUT2D eigenvalue weighted by Crippen LogP contribution is -2.42. The van der Waals surface area contributed by atoms with Gasteiger partial charge in [0.05, 0.1) is 18.3 Å². The minimum absolute atomic E-state index is 0.00310. The van der Waals surface area contributed by atoms with Crippen molar-refractivity contribution in [2.45, 2.75) is 33.2 Å². The van der Waals surface area contributed by atoms with Gasteiger partial charge < -0.3 is 15.0 Å². The summed E-state index contributed by atoms with van der Waals surface area (Å²) in [4.78, 5) is 18.8. The predicted molar refractivity (Wildman–Crippen MR) is 86.5 cm³/mol. The van der Waals surface area contributed by atoms with Gasteiger partial charge >= 0.3 is 6.03 Å². The second-order valence-corrected chi connectivity index (χ2v) is 6.19. The van der Waals surface area contributed by atoms with Crippen LogP contribution >= 0.6 is 0 Å². The zero-order valence-corrected chi connectivity index (χ0v) is 13.8. The zero-order chi connectivity index (χ0) is 15.9. The van der Waals surface area contributed by atoms with E-state index in [2.05, 4.69) is 24.1 Å². The molecule has 2 amide bonds. The van der Waals surface area contributed by atoms with Crippen LogP contribution in [0.4, 0.5) is 4.79 Å². The first-order valence-corrected chi connectivity index (χ1v) is 8.16. The topological polar surface area (TPSA) is 54.5 Å². The Morgan fingerprint density at radius 2 is 2.32 bits per heavy atom.